The van der Waals surface area contributed by atoms with Crippen molar-refractivity contribution in [2.45, 2.75) is 18.4 Å². The number of aromatic nitrogens is 1. The first kappa shape index (κ1) is 14.0. The van der Waals surface area contributed by atoms with E-state index in [-0.39, 0.29) is 5.41 Å². The number of nitrogens with zero attached hydrogens (tertiary/aromatic N) is 2. The van der Waals surface area contributed by atoms with Gasteiger partial charge < -0.3 is 10.0 Å². The Morgan fingerprint density at radius 1 is 0.917 bits per heavy atom. The molecule has 2 aliphatic rings. The molecule has 1 aliphatic carbocycles. The van der Waals surface area contributed by atoms with E-state index in [1.165, 1.54) is 16.5 Å². The zero-order valence-electron chi connectivity index (χ0n) is 13.5. The van der Waals surface area contributed by atoms with Crippen LogP contribution in [0, 0.1) is 5.41 Å². The molecule has 2 fully saturated rings. The molecule has 24 heavy (non-hydrogen) atoms. The summed E-state index contributed by atoms with van der Waals surface area (Å²) >= 11 is 0. The molecule has 1 aromatic heterocycles. The van der Waals surface area contributed by atoms with E-state index in [1.54, 1.807) is 12.4 Å². The van der Waals surface area contributed by atoms with Crippen molar-refractivity contribution >= 4 is 16.5 Å². The van der Waals surface area contributed by atoms with Crippen LogP contribution in [0.2, 0.25) is 0 Å². The van der Waals surface area contributed by atoms with Crippen molar-refractivity contribution in [1.29, 1.82) is 0 Å². The van der Waals surface area contributed by atoms with E-state index >= 15 is 0 Å². The van der Waals surface area contributed by atoms with Crippen LogP contribution in [-0.4, -0.2) is 23.2 Å². The zero-order valence-corrected chi connectivity index (χ0v) is 13.5. The van der Waals surface area contributed by atoms with Crippen molar-refractivity contribution in [3.05, 3.63) is 72.6 Å². The maximum Gasteiger partial charge on any atom is 0.0924 e. The lowest BCUT2D eigenvalue weighted by Crippen LogP contribution is -2.67. The second-order valence-corrected chi connectivity index (χ2v) is 7.51. The van der Waals surface area contributed by atoms with Crippen molar-refractivity contribution in [3.8, 4) is 0 Å². The molecule has 2 heterocycles. The van der Waals surface area contributed by atoms with Crippen LogP contribution in [0.5, 0.6) is 0 Å². The molecule has 3 nitrogen and oxygen atoms in total. The number of pyridine rings is 1. The minimum absolute atomic E-state index is 0.274. The highest BCUT2D eigenvalue weighted by molar-refractivity contribution is 5.86. The van der Waals surface area contributed by atoms with Crippen LogP contribution in [-0.2, 0) is 5.60 Å². The third-order valence-electron chi connectivity index (χ3n) is 5.68. The van der Waals surface area contributed by atoms with Gasteiger partial charge in [-0.05, 0) is 41.8 Å². The van der Waals surface area contributed by atoms with Gasteiger partial charge in [0.2, 0.25) is 0 Å². The summed E-state index contributed by atoms with van der Waals surface area (Å²) in [6, 6.07) is 19.0. The first-order valence-electron chi connectivity index (χ1n) is 8.53. The summed E-state index contributed by atoms with van der Waals surface area (Å²) in [6.45, 7) is 2.07. The van der Waals surface area contributed by atoms with Crippen LogP contribution < -0.4 is 4.90 Å². The number of rotatable bonds is 2. The van der Waals surface area contributed by atoms with E-state index in [0.29, 0.717) is 0 Å². The number of benzene rings is 2. The normalized spacial score (nSPS) is 20.6. The smallest absolute Gasteiger partial charge is 0.0924 e. The molecule has 0 bridgehead atoms. The number of hydrogen-bond acceptors (Lipinski definition) is 3. The van der Waals surface area contributed by atoms with Crippen LogP contribution in [0.15, 0.2) is 67.0 Å². The predicted molar refractivity (Wildman–Crippen MR) is 96.0 cm³/mol. The average Bonchev–Trinajstić information content (AvgIpc) is 2.57. The Bertz CT molecular complexity index is 892. The van der Waals surface area contributed by atoms with Crippen LogP contribution in [0.3, 0.4) is 0 Å². The highest BCUT2D eigenvalue weighted by Gasteiger charge is 2.60. The van der Waals surface area contributed by atoms with Crippen molar-refractivity contribution < 1.29 is 5.11 Å². The minimum Gasteiger partial charge on any atom is -0.385 e. The molecule has 1 spiro atoms. The Balaban J connectivity index is 1.31. The molecule has 1 saturated carbocycles. The first-order chi connectivity index (χ1) is 11.7. The Kier molecular flexibility index (Phi) is 2.80. The standard InChI is InChI=1S/C21H20N2O/c24-21(18-6-3-9-22-11-18)12-20(13-21)14-23(15-20)19-8-7-16-4-1-2-5-17(16)10-19/h1-11,24H,12-15H2. The van der Waals surface area contributed by atoms with Crippen LogP contribution in [0.25, 0.3) is 10.8 Å². The zero-order chi connectivity index (χ0) is 16.2. The highest BCUT2D eigenvalue weighted by atomic mass is 16.3. The molecule has 0 amide bonds. The van der Waals surface area contributed by atoms with Gasteiger partial charge in [-0.25, -0.2) is 0 Å². The summed E-state index contributed by atoms with van der Waals surface area (Å²) < 4.78 is 0. The number of fused-ring (bicyclic) bond motifs is 1. The lowest BCUT2D eigenvalue weighted by atomic mass is 9.53. The molecule has 0 unspecified atom stereocenters. The summed E-state index contributed by atoms with van der Waals surface area (Å²) in [5.74, 6) is 0. The largest absolute Gasteiger partial charge is 0.385 e. The van der Waals surface area contributed by atoms with Gasteiger partial charge in [-0.1, -0.05) is 36.4 Å². The maximum absolute atomic E-state index is 10.8. The minimum atomic E-state index is -0.677. The SMILES string of the molecule is OC1(c2cccnc2)CC2(CN(c3ccc4ccccc4c3)C2)C1. The monoisotopic (exact) mass is 316 g/mol. The van der Waals surface area contributed by atoms with E-state index < -0.39 is 5.60 Å². The average molecular weight is 316 g/mol. The molecular formula is C21H20N2O. The fraction of sp³-hybridized carbons (Fsp3) is 0.286. The Morgan fingerprint density at radius 2 is 1.71 bits per heavy atom. The van der Waals surface area contributed by atoms with E-state index in [9.17, 15) is 5.11 Å². The van der Waals surface area contributed by atoms with Gasteiger partial charge in [0.1, 0.15) is 0 Å². The molecule has 1 N–H and O–H groups in total. The topological polar surface area (TPSA) is 36.4 Å². The Hall–Kier alpha value is -2.39. The molecule has 3 aromatic rings. The van der Waals surface area contributed by atoms with E-state index in [1.807, 2.05) is 12.1 Å². The summed E-state index contributed by atoms with van der Waals surface area (Å²) in [5.41, 5.74) is 1.84. The Morgan fingerprint density at radius 3 is 2.46 bits per heavy atom. The quantitative estimate of drug-likeness (QED) is 0.783. The number of hydrogen-bond donors (Lipinski definition) is 1. The fourth-order valence-electron chi connectivity index (χ4n) is 4.57. The number of aliphatic hydroxyl groups is 1. The van der Waals surface area contributed by atoms with Crippen molar-refractivity contribution in [3.63, 3.8) is 0 Å². The predicted octanol–water partition coefficient (Wildman–Crippen LogP) is 3.72. The molecule has 0 radical (unpaired) electrons. The van der Waals surface area contributed by atoms with Crippen LogP contribution in [0.1, 0.15) is 18.4 Å². The second-order valence-electron chi connectivity index (χ2n) is 7.51. The van der Waals surface area contributed by atoms with Gasteiger partial charge in [-0.3, -0.25) is 4.98 Å². The molecule has 2 aromatic carbocycles. The van der Waals surface area contributed by atoms with Crippen molar-refractivity contribution in [1.82, 2.24) is 4.98 Å². The van der Waals surface area contributed by atoms with E-state index in [0.717, 1.165) is 31.5 Å². The van der Waals surface area contributed by atoms with Gasteiger partial charge >= 0.3 is 0 Å². The maximum atomic E-state index is 10.8. The molecule has 1 aliphatic heterocycles. The Labute approximate surface area is 141 Å². The first-order valence-corrected chi connectivity index (χ1v) is 8.53. The summed E-state index contributed by atoms with van der Waals surface area (Å²) in [6.07, 6.45) is 5.24. The lowest BCUT2D eigenvalue weighted by Gasteiger charge is -2.63. The van der Waals surface area contributed by atoms with Crippen LogP contribution >= 0.6 is 0 Å². The third-order valence-corrected chi connectivity index (χ3v) is 5.68. The lowest BCUT2D eigenvalue weighted by molar-refractivity contribution is -0.146. The summed E-state index contributed by atoms with van der Waals surface area (Å²) in [4.78, 5) is 6.57. The second kappa shape index (κ2) is 4.81. The van der Waals surface area contributed by atoms with Crippen molar-refractivity contribution in [2.75, 3.05) is 18.0 Å². The van der Waals surface area contributed by atoms with E-state index in [4.69, 9.17) is 0 Å². The fourth-order valence-corrected chi connectivity index (χ4v) is 4.57. The van der Waals surface area contributed by atoms with Gasteiger partial charge in [0.25, 0.3) is 0 Å². The molecule has 120 valence electrons. The summed E-state index contributed by atoms with van der Waals surface area (Å²) in [5, 5.41) is 13.4. The molecule has 3 heteroatoms. The molecule has 0 atom stereocenters. The highest BCUT2D eigenvalue weighted by Crippen LogP contribution is 2.59. The van der Waals surface area contributed by atoms with Crippen molar-refractivity contribution in [2.24, 2.45) is 5.41 Å². The number of anilines is 1. The van der Waals surface area contributed by atoms with E-state index in [2.05, 4.69) is 52.3 Å². The van der Waals surface area contributed by atoms with Gasteiger partial charge in [-0.2, -0.15) is 0 Å². The van der Waals surface area contributed by atoms with Crippen LogP contribution in [0.4, 0.5) is 5.69 Å². The van der Waals surface area contributed by atoms with Gasteiger partial charge in [0.05, 0.1) is 5.60 Å². The molecule has 5 rings (SSSR count). The third kappa shape index (κ3) is 2.05. The van der Waals surface area contributed by atoms with Gasteiger partial charge in [-0.15, -0.1) is 0 Å². The van der Waals surface area contributed by atoms with Gasteiger partial charge in [0, 0.05) is 42.1 Å². The van der Waals surface area contributed by atoms with Gasteiger partial charge in [0.15, 0.2) is 0 Å². The molecule has 1 saturated heterocycles. The summed E-state index contributed by atoms with van der Waals surface area (Å²) in [7, 11) is 0. The molecular weight excluding hydrogens is 296 g/mol.